The number of halogens is 2. The number of fused-ring (bicyclic) bond motifs is 3. The van der Waals surface area contributed by atoms with Gasteiger partial charge in [0.2, 0.25) is 14.3 Å². The summed E-state index contributed by atoms with van der Waals surface area (Å²) in [5.41, 5.74) is 4.21. The van der Waals surface area contributed by atoms with E-state index in [-0.39, 0.29) is 37.3 Å². The van der Waals surface area contributed by atoms with E-state index >= 15 is 4.11 Å². The minimum Gasteiger partial charge on any atom is -0.395 e. The molecule has 1 spiro atoms. The highest BCUT2D eigenvalue weighted by Gasteiger charge is 2.66. The highest BCUT2D eigenvalue weighted by molar-refractivity contribution is 6.72. The molecule has 288 valence electrons. The van der Waals surface area contributed by atoms with E-state index in [1.165, 1.54) is 0 Å². The minimum absolute atomic E-state index is 0.122. The van der Waals surface area contributed by atoms with Crippen molar-refractivity contribution >= 4 is 54.1 Å². The molecule has 2 amide bonds. The van der Waals surface area contributed by atoms with E-state index in [0.29, 0.717) is 40.6 Å². The Morgan fingerprint density at radius 1 is 1.07 bits per heavy atom. The van der Waals surface area contributed by atoms with Crippen LogP contribution in [0.3, 0.4) is 0 Å². The second kappa shape index (κ2) is 15.1. The predicted molar refractivity (Wildman–Crippen MR) is 218 cm³/mol. The first-order valence-electron chi connectivity index (χ1n) is 18.9. The Hall–Kier alpha value is -5.14. The number of H-pyrrole nitrogens is 1. The van der Waals surface area contributed by atoms with Crippen molar-refractivity contribution in [2.45, 2.75) is 69.1 Å². The van der Waals surface area contributed by atoms with Crippen molar-refractivity contribution in [1.82, 2.24) is 20.0 Å². The summed E-state index contributed by atoms with van der Waals surface area (Å²) >= 11 is 6.60. The predicted octanol–water partition coefficient (Wildman–Crippen LogP) is 8.13. The number of aromatic nitrogens is 4. The van der Waals surface area contributed by atoms with Crippen LogP contribution in [0, 0.1) is 5.92 Å². The quantitative estimate of drug-likeness (QED) is 0.0850. The number of benzene rings is 4. The van der Waals surface area contributed by atoms with E-state index in [1.54, 1.807) is 34.8 Å². The lowest BCUT2D eigenvalue weighted by molar-refractivity contribution is -0.146. The number of aryl methyl sites for hydroxylation is 1. The highest BCUT2D eigenvalue weighted by Crippen LogP contribution is 2.60. The first-order valence-corrected chi connectivity index (χ1v) is 22.3. The zero-order valence-corrected chi connectivity index (χ0v) is 33.2. The van der Waals surface area contributed by atoms with E-state index in [9.17, 15) is 14.7 Å². The average molecular weight is 791 g/mol. The average Bonchev–Trinajstić information content (AvgIpc) is 3.93. The summed E-state index contributed by atoms with van der Waals surface area (Å²) in [4.78, 5) is 33.0. The normalized spacial score (nSPS) is 21.2. The van der Waals surface area contributed by atoms with Crippen LogP contribution < -0.4 is 10.2 Å². The molecule has 10 nitrogen and oxygen atoms in total. The molecular formula is C43H44ClFN6O4Si. The molecule has 4 aromatic carbocycles. The lowest BCUT2D eigenvalue weighted by Gasteiger charge is -2.31. The largest absolute Gasteiger partial charge is 0.395 e. The number of aromatic amines is 1. The summed E-state index contributed by atoms with van der Waals surface area (Å²) < 4.78 is 25.1. The molecule has 1 unspecified atom stereocenters. The van der Waals surface area contributed by atoms with E-state index in [2.05, 4.69) is 20.6 Å². The highest BCUT2D eigenvalue weighted by atomic mass is 35.5. The maximum absolute atomic E-state index is 16.5. The maximum Gasteiger partial charge on any atom is 0.264 e. The van der Waals surface area contributed by atoms with Crippen LogP contribution in [-0.2, 0) is 39.4 Å². The Balaban J connectivity index is 1.03. The number of carbonyl (C=O) groups excluding carboxylic acids is 2. The number of aliphatic hydroxyl groups excluding tert-OH is 1. The van der Waals surface area contributed by atoms with Crippen molar-refractivity contribution in [3.63, 3.8) is 0 Å². The number of hydrogen-bond acceptors (Lipinski definition) is 6. The van der Waals surface area contributed by atoms with Crippen LogP contribution >= 0.6 is 11.6 Å². The Labute approximate surface area is 330 Å². The molecule has 6 aromatic rings. The summed E-state index contributed by atoms with van der Waals surface area (Å²) in [5, 5.41) is 23.4. The Kier molecular flexibility index (Phi) is 10.2. The summed E-state index contributed by atoms with van der Waals surface area (Å²) in [6, 6.07) is 30.3. The zero-order chi connectivity index (χ0) is 39.2. The monoisotopic (exact) mass is 790 g/mol. The number of hydrogen-bond donors (Lipinski definition) is 3. The van der Waals surface area contributed by atoms with Gasteiger partial charge >= 0.3 is 0 Å². The smallest absolute Gasteiger partial charge is 0.264 e. The van der Waals surface area contributed by atoms with Crippen LogP contribution in [0.4, 0.5) is 15.5 Å². The molecule has 4 heterocycles. The third-order valence-electron chi connectivity index (χ3n) is 11.4. The molecule has 56 heavy (non-hydrogen) atoms. The minimum atomic E-state index is -3.42. The van der Waals surface area contributed by atoms with Crippen molar-refractivity contribution in [1.29, 1.82) is 0 Å². The van der Waals surface area contributed by atoms with Gasteiger partial charge in [-0.2, -0.15) is 0 Å². The number of aliphatic hydroxyl groups is 1. The Morgan fingerprint density at radius 3 is 2.64 bits per heavy atom. The molecule has 1 fully saturated rings. The lowest BCUT2D eigenvalue weighted by atomic mass is 9.82. The topological polar surface area (TPSA) is 125 Å². The molecular weight excluding hydrogens is 747 g/mol. The summed E-state index contributed by atoms with van der Waals surface area (Å²) in [5.74, 6) is -1.24. The second-order valence-electron chi connectivity index (χ2n) is 15.4. The number of nitrogens with zero attached hydrogens (tertiary/aromatic N) is 4. The fraction of sp³-hybridized carbons (Fsp3) is 0.302. The van der Waals surface area contributed by atoms with Gasteiger partial charge in [-0.25, -0.2) is 0 Å². The Bertz CT molecular complexity index is 2400. The molecule has 3 N–H and O–H groups in total. The van der Waals surface area contributed by atoms with E-state index in [1.807, 2.05) is 104 Å². The molecule has 1 saturated heterocycles. The molecule has 5 atom stereocenters. The number of para-hydroxylation sites is 1. The summed E-state index contributed by atoms with van der Waals surface area (Å²) in [6.45, 7) is 5.75. The van der Waals surface area contributed by atoms with Crippen molar-refractivity contribution in [2.75, 3.05) is 16.8 Å². The van der Waals surface area contributed by atoms with Gasteiger partial charge in [-0.1, -0.05) is 84.4 Å². The molecule has 0 radical (unpaired) electrons. The van der Waals surface area contributed by atoms with Gasteiger partial charge in [-0.15, -0.1) is 5.10 Å². The first-order chi connectivity index (χ1) is 27.0. The van der Waals surface area contributed by atoms with Gasteiger partial charge in [0.15, 0.2) is 5.60 Å². The van der Waals surface area contributed by atoms with Gasteiger partial charge in [-0.3, -0.25) is 14.3 Å². The fourth-order valence-electron chi connectivity index (χ4n) is 8.93. The number of anilines is 2. The lowest BCUT2D eigenvalue weighted by Crippen LogP contribution is -2.45. The van der Waals surface area contributed by atoms with E-state index < -0.39 is 31.6 Å². The maximum atomic E-state index is 16.5. The summed E-state index contributed by atoms with van der Waals surface area (Å²) in [7, 11) is -3.42. The third kappa shape index (κ3) is 6.95. The van der Waals surface area contributed by atoms with Gasteiger partial charge in [-0.05, 0) is 72.6 Å². The molecule has 2 aliphatic rings. The third-order valence-corrected chi connectivity index (χ3v) is 14.1. The fourth-order valence-corrected chi connectivity index (χ4v) is 11.6. The molecule has 13 heteroatoms. The molecule has 0 aliphatic carbocycles. The van der Waals surface area contributed by atoms with E-state index in [4.69, 9.17) is 16.3 Å². The number of rotatable bonds is 12. The van der Waals surface area contributed by atoms with Crippen LogP contribution in [0.1, 0.15) is 47.2 Å². The molecule has 0 saturated carbocycles. The zero-order valence-electron chi connectivity index (χ0n) is 31.5. The Morgan fingerprint density at radius 2 is 1.86 bits per heavy atom. The van der Waals surface area contributed by atoms with Gasteiger partial charge in [0.05, 0.1) is 43.0 Å². The van der Waals surface area contributed by atoms with Gasteiger partial charge in [0, 0.05) is 57.6 Å². The molecule has 0 bridgehead atoms. The van der Waals surface area contributed by atoms with Crippen LogP contribution in [-0.4, -0.2) is 58.0 Å². The van der Waals surface area contributed by atoms with Gasteiger partial charge in [0.25, 0.3) is 5.91 Å². The molecule has 8 rings (SSSR count). The van der Waals surface area contributed by atoms with Crippen LogP contribution in [0.5, 0.6) is 0 Å². The number of nitrogens with one attached hydrogen (secondary N) is 2. The summed E-state index contributed by atoms with van der Waals surface area (Å²) in [6.07, 6.45) is 3.69. The number of amides is 2. The standard InChI is InChI=1S/C43H44ClFN6O4Si/c1-27-41(56(2,3)45)39(18-19-50-25-37(48-49-50)34(26-52)29-11-5-4-6-12-29)55-43(27)35-22-31(44)16-17-38(35)51(42(43)54)24-28-10-9-13-32(20-28)47-40(53)21-30-23-46-36-15-8-7-14-33(30)36/h4-17,20,22-23,25,27,34,39,41,46,52H,18-19,21,24,26H2,1-3H3,(H,47,53)/t27-,34?,39+,41-,43+/m0/s1. The number of ether oxygens (including phenoxy) is 1. The SMILES string of the molecule is C[C@H]1[C@H]([Si](C)(C)F)[C@@H](CCn2cc(C(CO)c3ccccc3)nn2)O[C@]12C(=O)N(Cc1cccc(NC(=O)Cc3c[nH]c4ccccc34)c1)c1ccc(Cl)cc12. The van der Waals surface area contributed by atoms with Crippen molar-refractivity contribution in [3.05, 3.63) is 142 Å². The van der Waals surface area contributed by atoms with Gasteiger partial charge in [0.1, 0.15) is 0 Å². The number of carbonyl (C=O) groups is 2. The van der Waals surface area contributed by atoms with Crippen molar-refractivity contribution in [2.24, 2.45) is 5.92 Å². The van der Waals surface area contributed by atoms with E-state index in [0.717, 1.165) is 27.6 Å². The van der Waals surface area contributed by atoms with Crippen molar-refractivity contribution < 1.29 is 23.5 Å². The second-order valence-corrected chi connectivity index (χ2v) is 19.7. The molecule has 2 aromatic heterocycles. The van der Waals surface area contributed by atoms with Crippen LogP contribution in [0.15, 0.2) is 109 Å². The van der Waals surface area contributed by atoms with Crippen LogP contribution in [0.25, 0.3) is 10.9 Å². The van der Waals surface area contributed by atoms with Crippen LogP contribution in [0.2, 0.25) is 23.7 Å². The van der Waals surface area contributed by atoms with Gasteiger partial charge < -0.3 is 29.2 Å². The first kappa shape index (κ1) is 37.8. The molecule has 2 aliphatic heterocycles. The van der Waals surface area contributed by atoms with Crippen molar-refractivity contribution in [3.8, 4) is 0 Å².